The van der Waals surface area contributed by atoms with Crippen LogP contribution in [0, 0.1) is 0 Å². The van der Waals surface area contributed by atoms with Crippen molar-refractivity contribution in [2.75, 3.05) is 5.73 Å². The Bertz CT molecular complexity index is 575. The largest absolute Gasteiger partial charge is 0.391 e. The Morgan fingerprint density at radius 1 is 0.938 bits per heavy atom. The molecule has 0 unspecified atom stereocenters. The number of thiophene rings is 1. The number of fused-ring (bicyclic) bond motifs is 2. The van der Waals surface area contributed by atoms with Gasteiger partial charge in [-0.1, -0.05) is 24.3 Å². The lowest BCUT2D eigenvalue weighted by molar-refractivity contribution is 0.0982. The number of nitrogens with two attached hydrogens (primary N) is 1. The Morgan fingerprint density at radius 2 is 1.56 bits per heavy atom. The number of carbonyl (C=O) groups is 2. The first-order chi connectivity index (χ1) is 7.68. The molecule has 1 heterocycles. The molecule has 0 fully saturated rings. The van der Waals surface area contributed by atoms with Gasteiger partial charge >= 0.3 is 0 Å². The van der Waals surface area contributed by atoms with Crippen molar-refractivity contribution in [3.63, 3.8) is 0 Å². The highest BCUT2D eigenvalue weighted by atomic mass is 32.1. The van der Waals surface area contributed by atoms with Crippen molar-refractivity contribution in [1.82, 2.24) is 0 Å². The molecule has 16 heavy (non-hydrogen) atoms. The highest BCUT2D eigenvalue weighted by Crippen LogP contribution is 2.34. The Morgan fingerprint density at radius 3 is 2.25 bits per heavy atom. The molecule has 0 saturated heterocycles. The van der Waals surface area contributed by atoms with Crippen molar-refractivity contribution in [1.29, 1.82) is 0 Å². The molecule has 3 rings (SSSR count). The number of hydrogen-bond donors (Lipinski definition) is 1. The maximum Gasteiger partial charge on any atom is 0.204 e. The molecule has 0 radical (unpaired) electrons. The highest BCUT2D eigenvalue weighted by molar-refractivity contribution is 7.18. The van der Waals surface area contributed by atoms with Crippen molar-refractivity contribution in [3.8, 4) is 0 Å². The van der Waals surface area contributed by atoms with Gasteiger partial charge in [0, 0.05) is 16.7 Å². The lowest BCUT2D eigenvalue weighted by atomic mass is 9.89. The van der Waals surface area contributed by atoms with Gasteiger partial charge in [-0.25, -0.2) is 0 Å². The van der Waals surface area contributed by atoms with E-state index in [0.717, 1.165) is 0 Å². The number of hydrogen-bond acceptors (Lipinski definition) is 4. The summed E-state index contributed by atoms with van der Waals surface area (Å²) in [4.78, 5) is 24.6. The first kappa shape index (κ1) is 9.30. The van der Waals surface area contributed by atoms with Gasteiger partial charge in [0.1, 0.15) is 0 Å². The van der Waals surface area contributed by atoms with Crippen LogP contribution in [-0.4, -0.2) is 11.6 Å². The second-order valence-electron chi connectivity index (χ2n) is 3.60. The average Bonchev–Trinajstić information content (AvgIpc) is 2.68. The topological polar surface area (TPSA) is 60.2 Å². The molecule has 0 saturated carbocycles. The smallest absolute Gasteiger partial charge is 0.204 e. The SMILES string of the molecule is Nc1cc2c(s1)C(=O)c1ccccc1C2=O. The maximum absolute atomic E-state index is 12.1. The van der Waals surface area contributed by atoms with Crippen LogP contribution in [0.1, 0.15) is 31.2 Å². The zero-order chi connectivity index (χ0) is 11.3. The summed E-state index contributed by atoms with van der Waals surface area (Å²) in [7, 11) is 0. The maximum atomic E-state index is 12.1. The predicted molar refractivity (Wildman–Crippen MR) is 62.0 cm³/mol. The van der Waals surface area contributed by atoms with E-state index in [1.807, 2.05) is 0 Å². The number of anilines is 1. The van der Waals surface area contributed by atoms with Gasteiger partial charge in [0.15, 0.2) is 5.78 Å². The van der Waals surface area contributed by atoms with Crippen molar-refractivity contribution >= 4 is 27.9 Å². The molecule has 3 nitrogen and oxygen atoms in total. The molecule has 1 aromatic carbocycles. The highest BCUT2D eigenvalue weighted by Gasteiger charge is 2.31. The van der Waals surface area contributed by atoms with Gasteiger partial charge in [-0.2, -0.15) is 0 Å². The third-order valence-electron chi connectivity index (χ3n) is 2.62. The summed E-state index contributed by atoms with van der Waals surface area (Å²) in [5.74, 6) is -0.218. The van der Waals surface area contributed by atoms with Crippen LogP contribution < -0.4 is 5.73 Å². The number of rotatable bonds is 0. The lowest BCUT2D eigenvalue weighted by Gasteiger charge is -2.12. The molecule has 78 valence electrons. The third kappa shape index (κ3) is 1.07. The average molecular weight is 229 g/mol. The minimum Gasteiger partial charge on any atom is -0.391 e. The summed E-state index contributed by atoms with van der Waals surface area (Å²) in [6.07, 6.45) is 0. The fourth-order valence-corrected chi connectivity index (χ4v) is 2.77. The van der Waals surface area contributed by atoms with Gasteiger partial charge in [0.2, 0.25) is 5.78 Å². The number of carbonyl (C=O) groups excluding carboxylic acids is 2. The van der Waals surface area contributed by atoms with Gasteiger partial charge in [-0.3, -0.25) is 9.59 Å². The van der Waals surface area contributed by atoms with E-state index in [1.165, 1.54) is 11.3 Å². The molecule has 2 aromatic rings. The molecule has 0 atom stereocenters. The zero-order valence-electron chi connectivity index (χ0n) is 8.19. The number of ketones is 2. The zero-order valence-corrected chi connectivity index (χ0v) is 9.01. The fraction of sp³-hybridized carbons (Fsp3) is 0. The number of nitrogen functional groups attached to an aromatic ring is 1. The summed E-state index contributed by atoms with van der Waals surface area (Å²) in [5, 5.41) is 0.500. The monoisotopic (exact) mass is 229 g/mol. The molecule has 1 aliphatic carbocycles. The lowest BCUT2D eigenvalue weighted by Crippen LogP contribution is -2.18. The minimum absolute atomic E-state index is 0.105. The van der Waals surface area contributed by atoms with Crippen molar-refractivity contribution in [2.45, 2.75) is 0 Å². The van der Waals surface area contributed by atoms with Crippen LogP contribution in [0.25, 0.3) is 0 Å². The summed E-state index contributed by atoms with van der Waals surface area (Å²) in [6, 6.07) is 8.44. The summed E-state index contributed by atoms with van der Waals surface area (Å²) in [6.45, 7) is 0. The Kier molecular flexibility index (Phi) is 1.76. The standard InChI is InChI=1S/C12H7NO2S/c13-9-5-8-10(14)6-3-1-2-4-7(6)11(15)12(8)16-9/h1-5H,13H2. The van der Waals surface area contributed by atoms with Crippen LogP contribution in [0.4, 0.5) is 5.00 Å². The van der Waals surface area contributed by atoms with Gasteiger partial charge in [-0.15, -0.1) is 11.3 Å². The van der Waals surface area contributed by atoms with E-state index in [2.05, 4.69) is 0 Å². The van der Waals surface area contributed by atoms with E-state index < -0.39 is 0 Å². The van der Waals surface area contributed by atoms with Crippen LogP contribution in [-0.2, 0) is 0 Å². The van der Waals surface area contributed by atoms with Crippen LogP contribution in [0.2, 0.25) is 0 Å². The van der Waals surface area contributed by atoms with E-state index in [9.17, 15) is 9.59 Å². The van der Waals surface area contributed by atoms with E-state index in [4.69, 9.17) is 5.73 Å². The summed E-state index contributed by atoms with van der Waals surface area (Å²) in [5.41, 5.74) is 7.01. The van der Waals surface area contributed by atoms with Crippen molar-refractivity contribution in [3.05, 3.63) is 51.9 Å². The molecule has 2 N–H and O–H groups in total. The molecule has 0 aliphatic heterocycles. The molecule has 0 bridgehead atoms. The van der Waals surface area contributed by atoms with Crippen LogP contribution in [0.15, 0.2) is 30.3 Å². The second-order valence-corrected chi connectivity index (χ2v) is 4.68. The second kappa shape index (κ2) is 3.02. The van der Waals surface area contributed by atoms with Crippen molar-refractivity contribution in [2.24, 2.45) is 0 Å². The molecule has 1 aromatic heterocycles. The quantitative estimate of drug-likeness (QED) is 0.642. The Balaban J connectivity index is 2.34. The van der Waals surface area contributed by atoms with Crippen LogP contribution in [0.5, 0.6) is 0 Å². The van der Waals surface area contributed by atoms with Gasteiger partial charge < -0.3 is 5.73 Å². The van der Waals surface area contributed by atoms with E-state index in [-0.39, 0.29) is 11.6 Å². The Labute approximate surface area is 95.5 Å². The van der Waals surface area contributed by atoms with E-state index >= 15 is 0 Å². The number of benzene rings is 1. The van der Waals surface area contributed by atoms with Gasteiger partial charge in [-0.05, 0) is 6.07 Å². The molecular formula is C12H7NO2S. The van der Waals surface area contributed by atoms with E-state index in [1.54, 1.807) is 30.3 Å². The molecule has 0 amide bonds. The first-order valence-electron chi connectivity index (χ1n) is 4.76. The molecule has 4 heteroatoms. The first-order valence-corrected chi connectivity index (χ1v) is 5.58. The van der Waals surface area contributed by atoms with Crippen LogP contribution in [0.3, 0.4) is 0 Å². The molecular weight excluding hydrogens is 222 g/mol. The predicted octanol–water partition coefficient (Wildman–Crippen LogP) is 2.11. The van der Waals surface area contributed by atoms with Gasteiger partial charge in [0.25, 0.3) is 0 Å². The fourth-order valence-electron chi connectivity index (χ4n) is 1.89. The van der Waals surface area contributed by atoms with Crippen LogP contribution >= 0.6 is 11.3 Å². The Hall–Kier alpha value is -1.94. The van der Waals surface area contributed by atoms with Crippen molar-refractivity contribution < 1.29 is 9.59 Å². The third-order valence-corrected chi connectivity index (χ3v) is 3.58. The normalized spacial score (nSPS) is 13.5. The van der Waals surface area contributed by atoms with E-state index in [0.29, 0.717) is 26.6 Å². The molecule has 1 aliphatic rings. The summed E-state index contributed by atoms with van der Waals surface area (Å²) >= 11 is 1.17. The van der Waals surface area contributed by atoms with Gasteiger partial charge in [0.05, 0.1) is 9.88 Å². The summed E-state index contributed by atoms with van der Waals surface area (Å²) < 4.78 is 0. The molecule has 0 spiro atoms. The minimum atomic E-state index is -0.113.